The Bertz CT molecular complexity index is 398. The Morgan fingerprint density at radius 2 is 2.27 bits per heavy atom. The molecule has 0 atom stereocenters. The van der Waals surface area contributed by atoms with E-state index in [0.29, 0.717) is 10.1 Å². The molecule has 2 aromatic rings. The van der Waals surface area contributed by atoms with Crippen LogP contribution in [0.5, 0.6) is 0 Å². The van der Waals surface area contributed by atoms with Crippen molar-refractivity contribution in [2.45, 2.75) is 0 Å². The minimum atomic E-state index is 0.222. The van der Waals surface area contributed by atoms with Crippen molar-refractivity contribution in [3.05, 3.63) is 10.7 Å². The zero-order valence-corrected chi connectivity index (χ0v) is 6.85. The van der Waals surface area contributed by atoms with Gasteiger partial charge in [0, 0.05) is 0 Å². The number of thiazole rings is 1. The molecule has 0 spiro atoms. The molecule has 0 amide bonds. The van der Waals surface area contributed by atoms with Gasteiger partial charge in [-0.1, -0.05) is 22.9 Å². The molecule has 0 bridgehead atoms. The van der Waals surface area contributed by atoms with Crippen LogP contribution in [0.4, 0.5) is 5.95 Å². The van der Waals surface area contributed by atoms with Gasteiger partial charge in [0.25, 0.3) is 0 Å². The van der Waals surface area contributed by atoms with E-state index >= 15 is 0 Å². The second kappa shape index (κ2) is 2.28. The van der Waals surface area contributed by atoms with Crippen molar-refractivity contribution in [3.63, 3.8) is 0 Å². The highest BCUT2D eigenvalue weighted by molar-refractivity contribution is 7.22. The van der Waals surface area contributed by atoms with Crippen LogP contribution in [0.2, 0.25) is 4.47 Å². The largest absolute Gasteiger partial charge is 0.368 e. The molecule has 56 valence electrons. The zero-order valence-electron chi connectivity index (χ0n) is 5.28. The van der Waals surface area contributed by atoms with E-state index in [0.717, 1.165) is 4.70 Å². The molecule has 0 saturated heterocycles. The Morgan fingerprint density at radius 3 is 3.09 bits per heavy atom. The van der Waals surface area contributed by atoms with Crippen molar-refractivity contribution in [2.75, 3.05) is 5.73 Å². The molecule has 0 fully saturated rings. The van der Waals surface area contributed by atoms with Crippen LogP contribution in [0.15, 0.2) is 6.20 Å². The van der Waals surface area contributed by atoms with Gasteiger partial charge in [0.1, 0.15) is 0 Å². The molecule has 0 unspecified atom stereocenters. The van der Waals surface area contributed by atoms with Crippen LogP contribution in [-0.4, -0.2) is 15.0 Å². The van der Waals surface area contributed by atoms with E-state index in [9.17, 15) is 0 Å². The topological polar surface area (TPSA) is 64.7 Å². The number of halogens is 1. The van der Waals surface area contributed by atoms with E-state index in [1.54, 1.807) is 6.20 Å². The molecular formula is C5H3ClN4S. The summed E-state index contributed by atoms with van der Waals surface area (Å²) >= 11 is 6.97. The third-order valence-electron chi connectivity index (χ3n) is 1.14. The summed E-state index contributed by atoms with van der Waals surface area (Å²) in [7, 11) is 0. The Kier molecular flexibility index (Phi) is 1.40. The molecule has 11 heavy (non-hydrogen) atoms. The van der Waals surface area contributed by atoms with Gasteiger partial charge in [-0.25, -0.2) is 9.97 Å². The number of hydrogen-bond acceptors (Lipinski definition) is 5. The van der Waals surface area contributed by atoms with Crippen LogP contribution >= 0.6 is 22.9 Å². The molecule has 0 saturated carbocycles. The van der Waals surface area contributed by atoms with Gasteiger partial charge in [0.2, 0.25) is 5.95 Å². The lowest BCUT2D eigenvalue weighted by Gasteiger charge is -1.87. The lowest BCUT2D eigenvalue weighted by atomic mass is 10.6. The second-order valence-electron chi connectivity index (χ2n) is 1.88. The number of nitrogens with two attached hydrogens (primary N) is 1. The van der Waals surface area contributed by atoms with Crippen molar-refractivity contribution in [3.8, 4) is 0 Å². The van der Waals surface area contributed by atoms with E-state index in [1.807, 2.05) is 0 Å². The average molecular weight is 187 g/mol. The molecule has 0 aliphatic rings. The van der Waals surface area contributed by atoms with Gasteiger partial charge in [0.15, 0.2) is 10.1 Å². The fourth-order valence-electron chi connectivity index (χ4n) is 0.724. The lowest BCUT2D eigenvalue weighted by Crippen LogP contribution is -1.92. The maximum absolute atomic E-state index is 5.63. The van der Waals surface area contributed by atoms with Crippen molar-refractivity contribution in [1.29, 1.82) is 0 Å². The smallest absolute Gasteiger partial charge is 0.222 e. The maximum Gasteiger partial charge on any atom is 0.222 e. The predicted octanol–water partition coefficient (Wildman–Crippen LogP) is 1.32. The van der Waals surface area contributed by atoms with Crippen LogP contribution in [0.3, 0.4) is 0 Å². The zero-order chi connectivity index (χ0) is 7.84. The van der Waals surface area contributed by atoms with E-state index in [2.05, 4.69) is 15.0 Å². The highest BCUT2D eigenvalue weighted by Gasteiger charge is 2.02. The quantitative estimate of drug-likeness (QED) is 0.674. The minimum absolute atomic E-state index is 0.222. The van der Waals surface area contributed by atoms with Crippen LogP contribution in [-0.2, 0) is 0 Å². The molecule has 0 radical (unpaired) electrons. The van der Waals surface area contributed by atoms with Crippen molar-refractivity contribution in [1.82, 2.24) is 15.0 Å². The first kappa shape index (κ1) is 6.75. The standard InChI is InChI=1S/C5H3ClN4S/c6-4-9-3-2(11-4)1-8-5(7)10-3/h1H,(H2,7,8,10). The fraction of sp³-hybridized carbons (Fsp3) is 0. The van der Waals surface area contributed by atoms with Crippen LogP contribution in [0, 0.1) is 0 Å². The number of hydrogen-bond donors (Lipinski definition) is 1. The number of rotatable bonds is 0. The Labute approximate surface area is 71.1 Å². The molecule has 0 aromatic carbocycles. The molecule has 2 aromatic heterocycles. The Hall–Kier alpha value is -0.940. The summed E-state index contributed by atoms with van der Waals surface area (Å²) in [4.78, 5) is 11.6. The Balaban J connectivity index is 2.82. The summed E-state index contributed by atoms with van der Waals surface area (Å²) < 4.78 is 1.31. The van der Waals surface area contributed by atoms with E-state index in [-0.39, 0.29) is 5.95 Å². The number of anilines is 1. The monoisotopic (exact) mass is 186 g/mol. The Morgan fingerprint density at radius 1 is 1.45 bits per heavy atom. The summed E-state index contributed by atoms with van der Waals surface area (Å²) in [6.45, 7) is 0. The number of nitrogen functional groups attached to an aromatic ring is 1. The van der Waals surface area contributed by atoms with Gasteiger partial charge >= 0.3 is 0 Å². The molecule has 2 N–H and O–H groups in total. The normalized spacial score (nSPS) is 10.6. The summed E-state index contributed by atoms with van der Waals surface area (Å²) in [6.07, 6.45) is 1.61. The van der Waals surface area contributed by atoms with Gasteiger partial charge in [-0.05, 0) is 0 Å². The first-order valence-electron chi connectivity index (χ1n) is 2.80. The average Bonchev–Trinajstić information content (AvgIpc) is 2.27. The predicted molar refractivity (Wildman–Crippen MR) is 44.6 cm³/mol. The van der Waals surface area contributed by atoms with Gasteiger partial charge in [-0.3, -0.25) is 0 Å². The maximum atomic E-state index is 5.63. The highest BCUT2D eigenvalue weighted by atomic mass is 35.5. The van der Waals surface area contributed by atoms with Gasteiger partial charge in [0.05, 0.1) is 10.9 Å². The summed E-state index contributed by atoms with van der Waals surface area (Å²) in [5.41, 5.74) is 5.89. The molecule has 0 aliphatic heterocycles. The molecule has 2 heterocycles. The van der Waals surface area contributed by atoms with E-state index < -0.39 is 0 Å². The van der Waals surface area contributed by atoms with Gasteiger partial charge in [-0.15, -0.1) is 0 Å². The lowest BCUT2D eigenvalue weighted by molar-refractivity contribution is 1.22. The number of nitrogens with zero attached hydrogens (tertiary/aromatic N) is 3. The minimum Gasteiger partial charge on any atom is -0.368 e. The fourth-order valence-corrected chi connectivity index (χ4v) is 1.65. The van der Waals surface area contributed by atoms with Crippen molar-refractivity contribution >= 4 is 39.2 Å². The third-order valence-corrected chi connectivity index (χ3v) is 2.23. The number of fused-ring (bicyclic) bond motifs is 1. The van der Waals surface area contributed by atoms with Crippen LogP contribution in [0.25, 0.3) is 10.3 Å². The molecular weight excluding hydrogens is 184 g/mol. The second-order valence-corrected chi connectivity index (χ2v) is 3.50. The first-order chi connectivity index (χ1) is 5.25. The molecule has 4 nitrogen and oxygen atoms in total. The first-order valence-corrected chi connectivity index (χ1v) is 4.00. The van der Waals surface area contributed by atoms with Crippen molar-refractivity contribution in [2.24, 2.45) is 0 Å². The summed E-state index contributed by atoms with van der Waals surface area (Å²) in [5, 5.41) is 0. The number of aromatic nitrogens is 3. The molecule has 2 rings (SSSR count). The summed E-state index contributed by atoms with van der Waals surface area (Å²) in [6, 6.07) is 0. The molecule has 6 heteroatoms. The SMILES string of the molecule is Nc1ncc2sc(Cl)nc2n1. The van der Waals surface area contributed by atoms with E-state index in [4.69, 9.17) is 17.3 Å². The van der Waals surface area contributed by atoms with Gasteiger partial charge < -0.3 is 5.73 Å². The summed E-state index contributed by atoms with van der Waals surface area (Å²) in [5.74, 6) is 0.222. The van der Waals surface area contributed by atoms with Crippen LogP contribution < -0.4 is 5.73 Å². The third kappa shape index (κ3) is 1.12. The van der Waals surface area contributed by atoms with Gasteiger partial charge in [-0.2, -0.15) is 4.98 Å². The molecule has 0 aliphatic carbocycles. The van der Waals surface area contributed by atoms with Crippen LogP contribution in [0.1, 0.15) is 0 Å². The van der Waals surface area contributed by atoms with E-state index in [1.165, 1.54) is 11.3 Å². The van der Waals surface area contributed by atoms with Crippen molar-refractivity contribution < 1.29 is 0 Å². The highest BCUT2D eigenvalue weighted by Crippen LogP contribution is 2.23.